The van der Waals surface area contributed by atoms with Crippen molar-refractivity contribution in [1.29, 1.82) is 0 Å². The van der Waals surface area contributed by atoms with Crippen molar-refractivity contribution >= 4 is 11.9 Å². The van der Waals surface area contributed by atoms with E-state index < -0.39 is 11.5 Å². The summed E-state index contributed by atoms with van der Waals surface area (Å²) < 4.78 is 0. The molecule has 2 rings (SSSR count). The second-order valence-electron chi connectivity index (χ2n) is 3.62. The summed E-state index contributed by atoms with van der Waals surface area (Å²) in [5.74, 6) is -1.21. The summed E-state index contributed by atoms with van der Waals surface area (Å²) in [5, 5.41) is 11.8. The minimum atomic E-state index is -1.22. The summed E-state index contributed by atoms with van der Waals surface area (Å²) in [6.07, 6.45) is 0.576. The summed E-state index contributed by atoms with van der Waals surface area (Å²) in [6.45, 7) is 0. The second-order valence-corrected chi connectivity index (χ2v) is 3.62. The Balaban J connectivity index is 2.45. The molecule has 1 atom stereocenters. The molecule has 0 spiro atoms. The highest BCUT2D eigenvalue weighted by molar-refractivity contribution is 5.91. The molecule has 0 aromatic heterocycles. The highest BCUT2D eigenvalue weighted by Gasteiger charge is 2.46. The van der Waals surface area contributed by atoms with Gasteiger partial charge in [-0.2, -0.15) is 0 Å². The molecule has 0 unspecified atom stereocenters. The number of carbonyl (C=O) groups is 2. The van der Waals surface area contributed by atoms with Crippen LogP contribution < -0.4 is 5.32 Å². The third kappa shape index (κ3) is 1.48. The number of nitrogens with one attached hydrogen (secondary N) is 1. The summed E-state index contributed by atoms with van der Waals surface area (Å²) in [7, 11) is 0. The van der Waals surface area contributed by atoms with Crippen molar-refractivity contribution in [1.82, 2.24) is 5.32 Å². The number of benzene rings is 1. The van der Waals surface area contributed by atoms with Gasteiger partial charge in [0.05, 0.1) is 0 Å². The molecule has 1 fully saturated rings. The topological polar surface area (TPSA) is 66.4 Å². The highest BCUT2D eigenvalue weighted by atomic mass is 16.4. The molecule has 0 saturated carbocycles. The average molecular weight is 205 g/mol. The number of carboxylic acid groups (broad SMARTS) is 1. The van der Waals surface area contributed by atoms with Crippen molar-refractivity contribution in [2.45, 2.75) is 18.4 Å². The van der Waals surface area contributed by atoms with Gasteiger partial charge in [-0.25, -0.2) is 4.79 Å². The van der Waals surface area contributed by atoms with Gasteiger partial charge in [0.2, 0.25) is 5.91 Å². The molecule has 4 nitrogen and oxygen atoms in total. The zero-order valence-electron chi connectivity index (χ0n) is 8.06. The van der Waals surface area contributed by atoms with Gasteiger partial charge in [-0.1, -0.05) is 30.3 Å². The summed E-state index contributed by atoms with van der Waals surface area (Å²) >= 11 is 0. The number of carboxylic acids is 1. The fourth-order valence-electron chi connectivity index (χ4n) is 1.89. The molecular weight excluding hydrogens is 194 g/mol. The van der Waals surface area contributed by atoms with Crippen molar-refractivity contribution in [2.24, 2.45) is 0 Å². The Hall–Kier alpha value is -1.84. The molecule has 78 valence electrons. The van der Waals surface area contributed by atoms with Crippen LogP contribution >= 0.6 is 0 Å². The van der Waals surface area contributed by atoms with Crippen LogP contribution in [0.4, 0.5) is 0 Å². The van der Waals surface area contributed by atoms with Crippen LogP contribution in [-0.2, 0) is 15.1 Å². The van der Waals surface area contributed by atoms with Crippen molar-refractivity contribution in [3.63, 3.8) is 0 Å². The molecule has 0 aliphatic carbocycles. The minimum Gasteiger partial charge on any atom is -0.479 e. The van der Waals surface area contributed by atoms with Crippen LogP contribution in [0.5, 0.6) is 0 Å². The predicted octanol–water partition coefficient (Wildman–Crippen LogP) is 0.876. The summed E-state index contributed by atoms with van der Waals surface area (Å²) in [5.41, 5.74) is -0.596. The Morgan fingerprint density at radius 2 is 2.00 bits per heavy atom. The number of aliphatic carboxylic acids is 1. The number of amides is 1. The van der Waals surface area contributed by atoms with Crippen LogP contribution in [0.1, 0.15) is 18.4 Å². The van der Waals surface area contributed by atoms with Gasteiger partial charge < -0.3 is 10.4 Å². The first-order valence-corrected chi connectivity index (χ1v) is 4.75. The van der Waals surface area contributed by atoms with Gasteiger partial charge in [-0.15, -0.1) is 0 Å². The molecule has 0 bridgehead atoms. The third-order valence-corrected chi connectivity index (χ3v) is 2.71. The zero-order valence-corrected chi connectivity index (χ0v) is 8.06. The SMILES string of the molecule is O=C1CC[C@](C(=O)O)(c2ccccc2)N1. The van der Waals surface area contributed by atoms with Crippen LogP contribution in [0.2, 0.25) is 0 Å². The monoisotopic (exact) mass is 205 g/mol. The van der Waals surface area contributed by atoms with E-state index in [9.17, 15) is 14.7 Å². The molecule has 1 aliphatic rings. The first-order chi connectivity index (χ1) is 7.15. The molecule has 2 N–H and O–H groups in total. The Morgan fingerprint density at radius 1 is 1.33 bits per heavy atom. The largest absolute Gasteiger partial charge is 0.479 e. The van der Waals surface area contributed by atoms with Gasteiger partial charge in [0.25, 0.3) is 0 Å². The molecule has 15 heavy (non-hydrogen) atoms. The fourth-order valence-corrected chi connectivity index (χ4v) is 1.89. The smallest absolute Gasteiger partial charge is 0.334 e. The molecular formula is C11H11NO3. The fraction of sp³-hybridized carbons (Fsp3) is 0.273. The van der Waals surface area contributed by atoms with E-state index in [0.717, 1.165) is 0 Å². The third-order valence-electron chi connectivity index (χ3n) is 2.71. The van der Waals surface area contributed by atoms with Gasteiger partial charge in [-0.05, 0) is 12.0 Å². The van der Waals surface area contributed by atoms with Crippen molar-refractivity contribution in [2.75, 3.05) is 0 Å². The van der Waals surface area contributed by atoms with Gasteiger partial charge in [0, 0.05) is 6.42 Å². The van der Waals surface area contributed by atoms with E-state index in [1.54, 1.807) is 24.3 Å². The standard InChI is InChI=1S/C11H11NO3/c13-9-6-7-11(12-9,10(14)15)8-4-2-1-3-5-8/h1-5H,6-7H2,(H,12,13)(H,14,15)/t11-/m1/s1. The Kier molecular flexibility index (Phi) is 2.19. The van der Waals surface area contributed by atoms with Crippen LogP contribution in [-0.4, -0.2) is 17.0 Å². The lowest BCUT2D eigenvalue weighted by Gasteiger charge is -2.24. The molecule has 1 aliphatic heterocycles. The number of hydrogen-bond acceptors (Lipinski definition) is 2. The highest BCUT2D eigenvalue weighted by Crippen LogP contribution is 2.31. The van der Waals surface area contributed by atoms with Gasteiger partial charge in [0.15, 0.2) is 5.54 Å². The molecule has 4 heteroatoms. The number of carbonyl (C=O) groups excluding carboxylic acids is 1. The molecule has 1 aromatic carbocycles. The van der Waals surface area contributed by atoms with E-state index in [1.165, 1.54) is 0 Å². The maximum atomic E-state index is 11.3. The van der Waals surface area contributed by atoms with Crippen molar-refractivity contribution in [3.05, 3.63) is 35.9 Å². The quantitative estimate of drug-likeness (QED) is 0.753. The molecule has 1 amide bonds. The molecule has 1 aromatic rings. The van der Waals surface area contributed by atoms with E-state index in [2.05, 4.69) is 5.32 Å². The van der Waals surface area contributed by atoms with Crippen LogP contribution in [0.15, 0.2) is 30.3 Å². The first kappa shape index (κ1) is 9.71. The Bertz CT molecular complexity index is 402. The normalized spacial score (nSPS) is 24.9. The van der Waals surface area contributed by atoms with Gasteiger partial charge in [-0.3, -0.25) is 4.79 Å². The maximum absolute atomic E-state index is 11.3. The maximum Gasteiger partial charge on any atom is 0.334 e. The van der Waals surface area contributed by atoms with Crippen molar-refractivity contribution in [3.8, 4) is 0 Å². The first-order valence-electron chi connectivity index (χ1n) is 4.75. The lowest BCUT2D eigenvalue weighted by molar-refractivity contribution is -0.145. The second kappa shape index (κ2) is 3.38. The Morgan fingerprint density at radius 3 is 2.47 bits per heavy atom. The van der Waals surface area contributed by atoms with E-state index in [1.807, 2.05) is 6.07 Å². The summed E-state index contributed by atoms with van der Waals surface area (Å²) in [6, 6.07) is 8.80. The lowest BCUT2D eigenvalue weighted by atomic mass is 9.88. The van der Waals surface area contributed by atoms with Gasteiger partial charge in [0.1, 0.15) is 0 Å². The minimum absolute atomic E-state index is 0.207. The Labute approximate surface area is 86.9 Å². The summed E-state index contributed by atoms with van der Waals surface area (Å²) in [4.78, 5) is 22.4. The lowest BCUT2D eigenvalue weighted by Crippen LogP contribution is -2.45. The van der Waals surface area contributed by atoms with E-state index in [4.69, 9.17) is 0 Å². The molecule has 1 saturated heterocycles. The average Bonchev–Trinajstić information content (AvgIpc) is 2.63. The number of rotatable bonds is 2. The van der Waals surface area contributed by atoms with Crippen molar-refractivity contribution < 1.29 is 14.7 Å². The van der Waals surface area contributed by atoms with E-state index in [-0.39, 0.29) is 12.3 Å². The van der Waals surface area contributed by atoms with E-state index in [0.29, 0.717) is 12.0 Å². The van der Waals surface area contributed by atoms with Gasteiger partial charge >= 0.3 is 5.97 Å². The zero-order chi connectivity index (χ0) is 10.9. The van der Waals surface area contributed by atoms with E-state index >= 15 is 0 Å². The van der Waals surface area contributed by atoms with Crippen LogP contribution in [0, 0.1) is 0 Å². The predicted molar refractivity (Wildman–Crippen MR) is 53.1 cm³/mol. The molecule has 0 radical (unpaired) electrons. The van der Waals surface area contributed by atoms with Crippen LogP contribution in [0.3, 0.4) is 0 Å². The number of hydrogen-bond donors (Lipinski definition) is 2. The molecule has 1 heterocycles. The van der Waals surface area contributed by atoms with Crippen LogP contribution in [0.25, 0.3) is 0 Å².